The first kappa shape index (κ1) is 21.0. The van der Waals surface area contributed by atoms with Gasteiger partial charge in [0, 0.05) is 6.42 Å². The zero-order chi connectivity index (χ0) is 21.7. The lowest BCUT2D eigenvalue weighted by molar-refractivity contribution is -0.127. The molecule has 1 atom stereocenters. The fraction of sp³-hybridized carbons (Fsp3) is 0.273. The number of Topliss-reactive ketones (excluding diaryl/α,β-unsaturated/α-hetero) is 1. The Hall–Kier alpha value is -3.68. The van der Waals surface area contributed by atoms with Gasteiger partial charge in [-0.15, -0.1) is 0 Å². The molecule has 1 aliphatic heterocycles. The van der Waals surface area contributed by atoms with E-state index in [9.17, 15) is 14.4 Å². The number of ether oxygens (including phenoxy) is 1. The largest absolute Gasteiger partial charge is 0.483 e. The number of benzene rings is 2. The van der Waals surface area contributed by atoms with Crippen molar-refractivity contribution in [2.75, 3.05) is 11.6 Å². The minimum atomic E-state index is -0.570. The third-order valence-electron chi connectivity index (χ3n) is 4.68. The summed E-state index contributed by atoms with van der Waals surface area (Å²) < 4.78 is 5.51. The molecule has 1 aliphatic rings. The molecule has 8 heteroatoms. The molecule has 0 spiro atoms. The number of hydrazine groups is 1. The van der Waals surface area contributed by atoms with E-state index in [-0.39, 0.29) is 24.5 Å². The van der Waals surface area contributed by atoms with Crippen LogP contribution in [0.25, 0.3) is 0 Å². The molecule has 0 aromatic heterocycles. The maximum absolute atomic E-state index is 12.4. The van der Waals surface area contributed by atoms with E-state index in [1.54, 1.807) is 0 Å². The van der Waals surface area contributed by atoms with E-state index in [0.717, 1.165) is 11.1 Å². The van der Waals surface area contributed by atoms with Gasteiger partial charge >= 0.3 is 0 Å². The summed E-state index contributed by atoms with van der Waals surface area (Å²) in [5.74, 6) is -0.568. The van der Waals surface area contributed by atoms with E-state index in [1.165, 1.54) is 11.9 Å². The van der Waals surface area contributed by atoms with E-state index in [1.807, 2.05) is 62.4 Å². The number of nitrogens with one attached hydrogen (secondary N) is 2. The van der Waals surface area contributed by atoms with Crippen LogP contribution in [0, 0.1) is 13.8 Å². The minimum Gasteiger partial charge on any atom is -0.483 e. The standard InChI is InChI=1S/C22H24N4O4/c1-14-9-10-15(2)20(11-14)30-13-21(28)23-24-22(29)18-12-19(16(3)27)26(25-18)17-7-5-4-6-8-17/h4-11,19H,12-13H2,1-3H3,(H,23,28)(H,24,29). The molecule has 1 heterocycles. The molecule has 2 N–H and O–H groups in total. The van der Waals surface area contributed by atoms with Crippen LogP contribution >= 0.6 is 0 Å². The van der Waals surface area contributed by atoms with Crippen LogP contribution < -0.4 is 20.6 Å². The van der Waals surface area contributed by atoms with Crippen LogP contribution in [-0.2, 0) is 14.4 Å². The second-order valence-corrected chi connectivity index (χ2v) is 7.12. The van der Waals surface area contributed by atoms with E-state index in [0.29, 0.717) is 11.4 Å². The highest BCUT2D eigenvalue weighted by molar-refractivity contribution is 6.40. The first-order valence-corrected chi connectivity index (χ1v) is 9.56. The maximum atomic E-state index is 12.4. The average Bonchev–Trinajstić information content (AvgIpc) is 3.19. The van der Waals surface area contributed by atoms with Gasteiger partial charge in [-0.3, -0.25) is 30.2 Å². The van der Waals surface area contributed by atoms with E-state index >= 15 is 0 Å². The van der Waals surface area contributed by atoms with Gasteiger partial charge in [-0.1, -0.05) is 30.3 Å². The summed E-state index contributed by atoms with van der Waals surface area (Å²) in [6.07, 6.45) is 0.158. The number of rotatable bonds is 6. The zero-order valence-corrected chi connectivity index (χ0v) is 17.1. The Labute approximate surface area is 174 Å². The number of amides is 2. The average molecular weight is 408 g/mol. The monoisotopic (exact) mass is 408 g/mol. The molecule has 0 radical (unpaired) electrons. The van der Waals surface area contributed by atoms with Crippen LogP contribution in [0.4, 0.5) is 5.69 Å². The summed E-state index contributed by atoms with van der Waals surface area (Å²) in [6.45, 7) is 5.03. The minimum absolute atomic E-state index is 0.101. The van der Waals surface area contributed by atoms with Crippen molar-refractivity contribution in [3.63, 3.8) is 0 Å². The lowest BCUT2D eigenvalue weighted by Gasteiger charge is -2.20. The summed E-state index contributed by atoms with van der Waals surface area (Å²) in [7, 11) is 0. The number of hydrazone groups is 1. The van der Waals surface area contributed by atoms with Crippen molar-refractivity contribution in [3.05, 3.63) is 59.7 Å². The summed E-state index contributed by atoms with van der Waals surface area (Å²) in [5, 5.41) is 5.82. The molecule has 0 saturated heterocycles. The van der Waals surface area contributed by atoms with Gasteiger partial charge in [-0.05, 0) is 50.1 Å². The van der Waals surface area contributed by atoms with Crippen molar-refractivity contribution in [1.29, 1.82) is 0 Å². The molecule has 8 nitrogen and oxygen atoms in total. The van der Waals surface area contributed by atoms with Crippen LogP contribution in [0.15, 0.2) is 53.6 Å². The molecule has 2 aromatic rings. The molecule has 0 aliphatic carbocycles. The quantitative estimate of drug-likeness (QED) is 0.713. The van der Waals surface area contributed by atoms with Crippen molar-refractivity contribution in [3.8, 4) is 5.75 Å². The third kappa shape index (κ3) is 5.02. The molecule has 30 heavy (non-hydrogen) atoms. The van der Waals surface area contributed by atoms with Gasteiger partial charge in [-0.25, -0.2) is 0 Å². The Morgan fingerprint density at radius 1 is 1.10 bits per heavy atom. The van der Waals surface area contributed by atoms with Crippen LogP contribution in [0.2, 0.25) is 0 Å². The summed E-state index contributed by atoms with van der Waals surface area (Å²) >= 11 is 0. The number of anilines is 1. The van der Waals surface area contributed by atoms with Crippen molar-refractivity contribution in [2.45, 2.75) is 33.2 Å². The predicted molar refractivity (Wildman–Crippen MR) is 113 cm³/mol. The number of nitrogens with zero attached hydrogens (tertiary/aromatic N) is 2. The second kappa shape index (κ2) is 9.21. The van der Waals surface area contributed by atoms with Crippen molar-refractivity contribution in [1.82, 2.24) is 10.9 Å². The number of ketones is 1. The Kier molecular flexibility index (Phi) is 6.46. The lowest BCUT2D eigenvalue weighted by atomic mass is 10.1. The highest BCUT2D eigenvalue weighted by atomic mass is 16.5. The lowest BCUT2D eigenvalue weighted by Crippen LogP contribution is -2.46. The molecule has 0 bridgehead atoms. The first-order chi connectivity index (χ1) is 14.3. The number of carbonyl (C=O) groups excluding carboxylic acids is 3. The maximum Gasteiger partial charge on any atom is 0.285 e. The Bertz CT molecular complexity index is 988. The van der Waals surface area contributed by atoms with Crippen LogP contribution in [-0.4, -0.2) is 36.0 Å². The normalized spacial score (nSPS) is 15.4. The third-order valence-corrected chi connectivity index (χ3v) is 4.68. The smallest absolute Gasteiger partial charge is 0.285 e. The van der Waals surface area contributed by atoms with Gasteiger partial charge in [-0.2, -0.15) is 5.10 Å². The fourth-order valence-corrected chi connectivity index (χ4v) is 3.02. The van der Waals surface area contributed by atoms with Gasteiger partial charge in [0.2, 0.25) is 0 Å². The second-order valence-electron chi connectivity index (χ2n) is 7.12. The molecule has 1 unspecified atom stereocenters. The Morgan fingerprint density at radius 3 is 2.53 bits per heavy atom. The van der Waals surface area contributed by atoms with Crippen molar-refractivity contribution >= 4 is 29.0 Å². The summed E-state index contributed by atoms with van der Waals surface area (Å²) in [4.78, 5) is 36.5. The van der Waals surface area contributed by atoms with Crippen LogP contribution in [0.1, 0.15) is 24.5 Å². The van der Waals surface area contributed by atoms with Gasteiger partial charge in [0.1, 0.15) is 17.5 Å². The molecule has 3 rings (SSSR count). The highest BCUT2D eigenvalue weighted by Gasteiger charge is 2.34. The molecule has 2 aromatic carbocycles. The van der Waals surface area contributed by atoms with Gasteiger partial charge in [0.15, 0.2) is 12.4 Å². The number of aryl methyl sites for hydroxylation is 2. The number of hydrogen-bond donors (Lipinski definition) is 2. The van der Waals surface area contributed by atoms with E-state index < -0.39 is 17.9 Å². The van der Waals surface area contributed by atoms with Gasteiger partial charge < -0.3 is 4.74 Å². The van der Waals surface area contributed by atoms with Crippen LogP contribution in [0.3, 0.4) is 0 Å². The highest BCUT2D eigenvalue weighted by Crippen LogP contribution is 2.25. The van der Waals surface area contributed by atoms with E-state index in [4.69, 9.17) is 4.74 Å². The Morgan fingerprint density at radius 2 is 1.83 bits per heavy atom. The summed E-state index contributed by atoms with van der Waals surface area (Å²) in [5.41, 5.74) is 7.45. The molecule has 156 valence electrons. The number of hydrogen-bond acceptors (Lipinski definition) is 6. The first-order valence-electron chi connectivity index (χ1n) is 9.56. The van der Waals surface area contributed by atoms with Gasteiger partial charge in [0.25, 0.3) is 11.8 Å². The fourth-order valence-electron chi connectivity index (χ4n) is 3.02. The molecular weight excluding hydrogens is 384 g/mol. The number of para-hydroxylation sites is 1. The molecule has 0 saturated carbocycles. The van der Waals surface area contributed by atoms with Crippen molar-refractivity contribution < 1.29 is 19.1 Å². The van der Waals surface area contributed by atoms with Crippen LogP contribution in [0.5, 0.6) is 5.75 Å². The zero-order valence-electron chi connectivity index (χ0n) is 17.1. The SMILES string of the molecule is CC(=O)C1CC(C(=O)NNC(=O)COc2cc(C)ccc2C)=NN1c1ccccc1. The van der Waals surface area contributed by atoms with Gasteiger partial charge in [0.05, 0.1) is 5.69 Å². The van der Waals surface area contributed by atoms with Crippen molar-refractivity contribution in [2.24, 2.45) is 5.10 Å². The topological polar surface area (TPSA) is 100 Å². The Balaban J connectivity index is 1.57. The molecule has 2 amide bonds. The molecular formula is C22H24N4O4. The summed E-state index contributed by atoms with van der Waals surface area (Å²) in [6, 6.07) is 14.3. The number of carbonyl (C=O) groups is 3. The van der Waals surface area contributed by atoms with E-state index in [2.05, 4.69) is 16.0 Å². The molecule has 0 fully saturated rings. The predicted octanol–water partition coefficient (Wildman–Crippen LogP) is 2.05.